The minimum absolute atomic E-state index is 0.120. The molecule has 0 bridgehead atoms. The fourth-order valence-corrected chi connectivity index (χ4v) is 6.03. The third kappa shape index (κ3) is 7.36. The van der Waals surface area contributed by atoms with Crippen molar-refractivity contribution in [2.75, 3.05) is 10.7 Å². The standard InChI is InChI=1S/C32H31F3N6O3S/c1-5-25(37-30(43)38-31-41(27(42)17-45-31)26-8-6-7-20(4)28(26)19(2)3)21-9-11-22(12-10-21)29-36-18-40(39-29)23-13-15-24(16-14-23)44-32(33,34)35/h6-16,18-19,25H,5,17H2,1-4H3,(H,37,43)/b38-31-. The van der Waals surface area contributed by atoms with E-state index in [-0.39, 0.29) is 29.4 Å². The first-order chi connectivity index (χ1) is 21.4. The molecule has 2 heterocycles. The summed E-state index contributed by atoms with van der Waals surface area (Å²) in [6.45, 7) is 8.09. The van der Waals surface area contributed by atoms with Gasteiger partial charge >= 0.3 is 12.4 Å². The molecule has 0 spiro atoms. The minimum Gasteiger partial charge on any atom is -0.406 e. The zero-order chi connectivity index (χ0) is 32.3. The molecule has 1 atom stereocenters. The number of halogens is 3. The highest BCUT2D eigenvalue weighted by Crippen LogP contribution is 2.35. The second kappa shape index (κ2) is 13.1. The summed E-state index contributed by atoms with van der Waals surface area (Å²) in [5, 5.41) is 7.74. The quantitative estimate of drug-likeness (QED) is 0.214. The molecule has 1 N–H and O–H groups in total. The first-order valence-electron chi connectivity index (χ1n) is 14.3. The Balaban J connectivity index is 1.28. The molecule has 0 radical (unpaired) electrons. The van der Waals surface area contributed by atoms with Crippen LogP contribution in [0.15, 0.2) is 78.0 Å². The van der Waals surface area contributed by atoms with Gasteiger partial charge < -0.3 is 10.1 Å². The van der Waals surface area contributed by atoms with Crippen LogP contribution in [0.1, 0.15) is 55.8 Å². The fraction of sp³-hybridized carbons (Fsp3) is 0.281. The molecule has 5 rings (SSSR count). The minimum atomic E-state index is -4.77. The van der Waals surface area contributed by atoms with Gasteiger partial charge in [-0.05, 0) is 66.3 Å². The topological polar surface area (TPSA) is 102 Å². The maximum absolute atomic E-state index is 13.1. The highest BCUT2D eigenvalue weighted by Gasteiger charge is 2.33. The summed E-state index contributed by atoms with van der Waals surface area (Å²) in [7, 11) is 0. The van der Waals surface area contributed by atoms with Crippen molar-refractivity contribution in [2.45, 2.75) is 52.4 Å². The molecule has 13 heteroatoms. The molecule has 1 aromatic heterocycles. The van der Waals surface area contributed by atoms with Crippen molar-refractivity contribution in [2.24, 2.45) is 4.99 Å². The predicted octanol–water partition coefficient (Wildman–Crippen LogP) is 7.56. The van der Waals surface area contributed by atoms with E-state index in [1.54, 1.807) is 4.90 Å². The number of carbonyl (C=O) groups excluding carboxylic acids is 2. The number of rotatable bonds is 8. The lowest BCUT2D eigenvalue weighted by molar-refractivity contribution is -0.274. The molecule has 3 amide bonds. The fourth-order valence-electron chi connectivity index (χ4n) is 5.17. The highest BCUT2D eigenvalue weighted by molar-refractivity contribution is 8.15. The van der Waals surface area contributed by atoms with Crippen LogP contribution in [0, 0.1) is 6.92 Å². The number of alkyl halides is 3. The Labute approximate surface area is 262 Å². The van der Waals surface area contributed by atoms with E-state index in [0.29, 0.717) is 28.7 Å². The lowest BCUT2D eigenvalue weighted by Crippen LogP contribution is -2.33. The van der Waals surface area contributed by atoms with Crippen molar-refractivity contribution in [3.63, 3.8) is 0 Å². The van der Waals surface area contributed by atoms with E-state index in [1.165, 1.54) is 47.0 Å². The van der Waals surface area contributed by atoms with E-state index < -0.39 is 12.4 Å². The van der Waals surface area contributed by atoms with Crippen LogP contribution in [0.2, 0.25) is 0 Å². The molecule has 9 nitrogen and oxygen atoms in total. The molecule has 0 aliphatic carbocycles. The van der Waals surface area contributed by atoms with Gasteiger partial charge in [-0.2, -0.15) is 4.99 Å². The zero-order valence-corrected chi connectivity index (χ0v) is 25.8. The van der Waals surface area contributed by atoms with Crippen molar-refractivity contribution in [1.82, 2.24) is 20.1 Å². The van der Waals surface area contributed by atoms with Gasteiger partial charge in [-0.25, -0.2) is 14.5 Å². The number of urea groups is 1. The molecular formula is C32H31F3N6O3S. The monoisotopic (exact) mass is 636 g/mol. The number of aryl methyl sites for hydroxylation is 1. The van der Waals surface area contributed by atoms with Crippen molar-refractivity contribution in [1.29, 1.82) is 0 Å². The molecular weight excluding hydrogens is 605 g/mol. The van der Waals surface area contributed by atoms with Gasteiger partial charge in [0.2, 0.25) is 5.91 Å². The van der Waals surface area contributed by atoms with Crippen molar-refractivity contribution in [3.05, 3.63) is 89.7 Å². The van der Waals surface area contributed by atoms with Gasteiger partial charge in [-0.15, -0.1) is 18.3 Å². The number of amides is 3. The summed E-state index contributed by atoms with van der Waals surface area (Å²) < 4.78 is 42.7. The molecule has 1 aliphatic heterocycles. The molecule has 234 valence electrons. The van der Waals surface area contributed by atoms with E-state index >= 15 is 0 Å². The van der Waals surface area contributed by atoms with E-state index in [1.807, 2.05) is 56.3 Å². The van der Waals surface area contributed by atoms with Crippen molar-refractivity contribution in [3.8, 4) is 22.8 Å². The van der Waals surface area contributed by atoms with Gasteiger partial charge in [0.05, 0.1) is 23.2 Å². The van der Waals surface area contributed by atoms with E-state index in [2.05, 4.69) is 39.0 Å². The maximum atomic E-state index is 13.1. The number of hydrogen-bond acceptors (Lipinski definition) is 6. The Kier molecular flexibility index (Phi) is 9.28. The Hall–Kier alpha value is -4.65. The number of nitrogens with zero attached hydrogens (tertiary/aromatic N) is 5. The average molecular weight is 637 g/mol. The van der Waals surface area contributed by atoms with Gasteiger partial charge in [0.25, 0.3) is 0 Å². The largest absolute Gasteiger partial charge is 0.573 e. The number of carbonyl (C=O) groups is 2. The Morgan fingerprint density at radius 1 is 1.09 bits per heavy atom. The molecule has 4 aromatic rings. The van der Waals surface area contributed by atoms with Gasteiger partial charge in [0.1, 0.15) is 12.1 Å². The number of amidine groups is 1. The number of hydrogen-bond donors (Lipinski definition) is 1. The van der Waals surface area contributed by atoms with Crippen LogP contribution < -0.4 is 15.0 Å². The lowest BCUT2D eigenvalue weighted by Gasteiger charge is -2.23. The maximum Gasteiger partial charge on any atom is 0.573 e. The number of ether oxygens (including phenoxy) is 1. The summed E-state index contributed by atoms with van der Waals surface area (Å²) in [5.74, 6) is 0.355. The molecule has 1 saturated heterocycles. The second-order valence-electron chi connectivity index (χ2n) is 10.7. The Morgan fingerprint density at radius 2 is 1.80 bits per heavy atom. The van der Waals surface area contributed by atoms with Gasteiger partial charge in [0.15, 0.2) is 11.0 Å². The van der Waals surface area contributed by atoms with E-state index in [9.17, 15) is 22.8 Å². The number of aliphatic imine (C=N–C) groups is 1. The van der Waals surface area contributed by atoms with Crippen LogP contribution in [0.3, 0.4) is 0 Å². The summed E-state index contributed by atoms with van der Waals surface area (Å²) in [6, 6.07) is 17.6. The van der Waals surface area contributed by atoms with Crippen LogP contribution in [0.25, 0.3) is 17.1 Å². The molecule has 0 saturated carbocycles. The number of aromatic nitrogens is 3. The van der Waals surface area contributed by atoms with Crippen LogP contribution in [-0.4, -0.2) is 44.0 Å². The summed E-state index contributed by atoms with van der Waals surface area (Å²) >= 11 is 1.24. The molecule has 1 unspecified atom stereocenters. The van der Waals surface area contributed by atoms with Gasteiger partial charge in [0, 0.05) is 5.56 Å². The number of thioether (sulfide) groups is 1. The smallest absolute Gasteiger partial charge is 0.406 e. The normalized spacial score (nSPS) is 15.2. The van der Waals surface area contributed by atoms with Gasteiger partial charge in [-0.3, -0.25) is 9.69 Å². The van der Waals surface area contributed by atoms with Gasteiger partial charge in [-0.1, -0.05) is 68.9 Å². The number of nitrogens with one attached hydrogen (secondary N) is 1. The first-order valence-corrected chi connectivity index (χ1v) is 15.2. The molecule has 3 aromatic carbocycles. The number of benzene rings is 3. The average Bonchev–Trinajstić information content (AvgIpc) is 3.62. The van der Waals surface area contributed by atoms with Crippen molar-refractivity contribution >= 4 is 34.6 Å². The molecule has 45 heavy (non-hydrogen) atoms. The zero-order valence-electron chi connectivity index (χ0n) is 25.0. The number of anilines is 1. The van der Waals surface area contributed by atoms with Crippen LogP contribution in [-0.2, 0) is 4.79 Å². The van der Waals surface area contributed by atoms with Crippen molar-refractivity contribution < 1.29 is 27.5 Å². The predicted molar refractivity (Wildman–Crippen MR) is 168 cm³/mol. The van der Waals surface area contributed by atoms with Crippen LogP contribution in [0.4, 0.5) is 23.7 Å². The summed E-state index contributed by atoms with van der Waals surface area (Å²) in [5.41, 5.74) is 4.94. The first kappa shape index (κ1) is 31.8. The van der Waals surface area contributed by atoms with Crippen LogP contribution >= 0.6 is 11.8 Å². The molecule has 1 aliphatic rings. The Bertz CT molecular complexity index is 1720. The summed E-state index contributed by atoms with van der Waals surface area (Å²) in [4.78, 5) is 36.1. The summed E-state index contributed by atoms with van der Waals surface area (Å²) in [6.07, 6.45) is -2.70. The third-order valence-corrected chi connectivity index (χ3v) is 8.11. The third-order valence-electron chi connectivity index (χ3n) is 7.19. The molecule has 1 fully saturated rings. The SMILES string of the molecule is CCC(NC(=O)/N=C1\SCC(=O)N1c1cccc(C)c1C(C)C)c1ccc(-c2ncn(-c3ccc(OC(F)(F)F)cc3)n2)cc1. The second-order valence-corrected chi connectivity index (χ2v) is 11.6. The Morgan fingerprint density at radius 3 is 2.44 bits per heavy atom. The van der Waals surface area contributed by atoms with E-state index in [4.69, 9.17) is 0 Å². The highest BCUT2D eigenvalue weighted by atomic mass is 32.2. The van der Waals surface area contributed by atoms with Crippen LogP contribution in [0.5, 0.6) is 5.75 Å². The lowest BCUT2D eigenvalue weighted by atomic mass is 9.95. The van der Waals surface area contributed by atoms with E-state index in [0.717, 1.165) is 22.4 Å².